The lowest BCUT2D eigenvalue weighted by molar-refractivity contribution is 0.303. The molecule has 0 unspecified atom stereocenters. The highest BCUT2D eigenvalue weighted by Gasteiger charge is 2.12. The molecule has 0 amide bonds. The Kier molecular flexibility index (Phi) is 5.12. The minimum Gasteiger partial charge on any atom is -0.489 e. The van der Waals surface area contributed by atoms with Gasteiger partial charge < -0.3 is 9.30 Å². The molecule has 0 radical (unpaired) electrons. The van der Waals surface area contributed by atoms with Gasteiger partial charge >= 0.3 is 0 Å². The molecule has 7 heteroatoms. The van der Waals surface area contributed by atoms with E-state index in [0.717, 1.165) is 28.1 Å². The molecular weight excluding hydrogens is 335 g/mol. The van der Waals surface area contributed by atoms with E-state index >= 15 is 0 Å². The number of hydrazine groups is 1. The average Bonchev–Trinajstić information content (AvgIpc) is 3.15. The summed E-state index contributed by atoms with van der Waals surface area (Å²) < 4.78 is 20.2. The monoisotopic (exact) mass is 354 g/mol. The van der Waals surface area contributed by atoms with E-state index in [0.29, 0.717) is 12.3 Å². The summed E-state index contributed by atoms with van der Waals surface area (Å²) in [5.41, 5.74) is 4.67. The first kappa shape index (κ1) is 17.1. The third-order valence-electron chi connectivity index (χ3n) is 4.05. The van der Waals surface area contributed by atoms with Crippen LogP contribution in [0.15, 0.2) is 55.1 Å². The van der Waals surface area contributed by atoms with Crippen molar-refractivity contribution in [2.75, 3.05) is 4.78 Å². The van der Waals surface area contributed by atoms with E-state index in [4.69, 9.17) is 10.6 Å². The molecule has 2 N–H and O–H groups in total. The van der Waals surface area contributed by atoms with Crippen LogP contribution < -0.4 is 15.4 Å². The van der Waals surface area contributed by atoms with Crippen LogP contribution in [0.25, 0.3) is 5.69 Å². The molecule has 0 saturated heterocycles. The van der Waals surface area contributed by atoms with E-state index in [-0.39, 0.29) is 8.61 Å². The van der Waals surface area contributed by atoms with Crippen LogP contribution in [0, 0.1) is 13.8 Å². The summed E-state index contributed by atoms with van der Waals surface area (Å²) in [6.45, 7) is 4.32. The number of nitrogens with two attached hydrogens (primary N) is 1. The number of aryl methyl sites for hydroxylation is 2. The predicted molar refractivity (Wildman–Crippen MR) is 98.1 cm³/mol. The van der Waals surface area contributed by atoms with E-state index in [9.17, 15) is 4.57 Å². The van der Waals surface area contributed by atoms with Crippen molar-refractivity contribution in [3.63, 3.8) is 0 Å². The smallest absolute Gasteiger partial charge is 0.297 e. The van der Waals surface area contributed by atoms with Gasteiger partial charge in [-0.25, -0.2) is 20.2 Å². The van der Waals surface area contributed by atoms with Crippen molar-refractivity contribution < 1.29 is 9.30 Å². The third-order valence-corrected chi connectivity index (χ3v) is 4.44. The largest absolute Gasteiger partial charge is 0.489 e. The van der Waals surface area contributed by atoms with Gasteiger partial charge in [-0.3, -0.25) is 0 Å². The van der Waals surface area contributed by atoms with Gasteiger partial charge in [0, 0.05) is 23.6 Å². The fraction of sp³-hybridized carbons (Fsp3) is 0.167. The van der Waals surface area contributed by atoms with E-state index in [1.165, 1.54) is 4.78 Å². The first-order valence-corrected chi connectivity index (χ1v) is 8.55. The minimum atomic E-state index is -0.262. The van der Waals surface area contributed by atoms with Crippen LogP contribution in [0.2, 0.25) is 0 Å². The second-order valence-corrected chi connectivity index (χ2v) is 6.30. The zero-order chi connectivity index (χ0) is 17.8. The van der Waals surface area contributed by atoms with E-state index in [1.54, 1.807) is 12.5 Å². The van der Waals surface area contributed by atoms with Gasteiger partial charge in [-0.2, -0.15) is 0 Å². The van der Waals surface area contributed by atoms with E-state index in [2.05, 4.69) is 4.98 Å². The van der Waals surface area contributed by atoms with Crippen molar-refractivity contribution in [1.29, 1.82) is 0 Å². The molecule has 0 aliphatic rings. The molecular formula is C18H19N4O2P. The van der Waals surface area contributed by atoms with Crippen molar-refractivity contribution >= 4 is 14.3 Å². The quantitative estimate of drug-likeness (QED) is 0.412. The molecule has 128 valence electrons. The Balaban J connectivity index is 1.82. The van der Waals surface area contributed by atoms with Crippen LogP contribution in [-0.4, -0.2) is 9.55 Å². The molecule has 1 heterocycles. The molecule has 0 aliphatic heterocycles. The molecule has 25 heavy (non-hydrogen) atoms. The molecule has 2 aromatic carbocycles. The first-order chi connectivity index (χ1) is 12.1. The Morgan fingerprint density at radius 2 is 2.08 bits per heavy atom. The highest BCUT2D eigenvalue weighted by Crippen LogP contribution is 2.28. The number of aromatic nitrogens is 2. The maximum Gasteiger partial charge on any atom is 0.297 e. The van der Waals surface area contributed by atoms with Crippen LogP contribution in [0.4, 0.5) is 5.69 Å². The summed E-state index contributed by atoms with van der Waals surface area (Å²) in [7, 11) is -0.262. The molecule has 0 atom stereocenters. The number of anilines is 1. The van der Waals surface area contributed by atoms with E-state index < -0.39 is 0 Å². The van der Waals surface area contributed by atoms with Gasteiger partial charge in [-0.05, 0) is 49.2 Å². The predicted octanol–water partition coefficient (Wildman–Crippen LogP) is 3.95. The van der Waals surface area contributed by atoms with E-state index in [1.807, 2.05) is 61.0 Å². The zero-order valence-electron chi connectivity index (χ0n) is 14.1. The number of hydrogen-bond donors (Lipinski definition) is 1. The third kappa shape index (κ3) is 3.71. The fourth-order valence-corrected chi connectivity index (χ4v) is 2.93. The maximum atomic E-state index is 11.1. The molecule has 0 fully saturated rings. The van der Waals surface area contributed by atoms with Crippen LogP contribution in [0.1, 0.15) is 16.7 Å². The summed E-state index contributed by atoms with van der Waals surface area (Å²) in [4.78, 5) is 4.06. The van der Waals surface area contributed by atoms with Crippen molar-refractivity contribution in [2.24, 2.45) is 5.84 Å². The number of imidazole rings is 1. The van der Waals surface area contributed by atoms with Gasteiger partial charge in [0.05, 0.1) is 12.0 Å². The number of ether oxygens (including phenoxy) is 1. The molecule has 0 bridgehead atoms. The summed E-state index contributed by atoms with van der Waals surface area (Å²) >= 11 is 0. The van der Waals surface area contributed by atoms with Gasteiger partial charge in [0.2, 0.25) is 0 Å². The van der Waals surface area contributed by atoms with Gasteiger partial charge in [-0.15, -0.1) is 0 Å². The van der Waals surface area contributed by atoms with Crippen LogP contribution in [0.5, 0.6) is 5.75 Å². The molecule has 6 nitrogen and oxygen atoms in total. The molecule has 1 aromatic heterocycles. The van der Waals surface area contributed by atoms with Gasteiger partial charge in [0.15, 0.2) is 0 Å². The summed E-state index contributed by atoms with van der Waals surface area (Å²) in [6, 6.07) is 11.6. The fourth-order valence-electron chi connectivity index (χ4n) is 2.65. The molecule has 3 aromatic rings. The lowest BCUT2D eigenvalue weighted by Crippen LogP contribution is -2.21. The summed E-state index contributed by atoms with van der Waals surface area (Å²) in [6.07, 6.45) is 5.40. The molecule has 0 spiro atoms. The standard InChI is InChI=1S/C18H19N4O2P/c1-13-4-3-5-17(22(19)25-23)16(13)11-24-18-7-6-15(10-14(18)2)21-9-8-20-12-21/h3-10,12H,11,19H2,1-2H3. The molecule has 0 aliphatic carbocycles. The highest BCUT2D eigenvalue weighted by atomic mass is 31.1. The number of benzene rings is 2. The van der Waals surface area contributed by atoms with Crippen molar-refractivity contribution in [3.05, 3.63) is 71.8 Å². The van der Waals surface area contributed by atoms with Gasteiger partial charge in [-0.1, -0.05) is 12.1 Å². The lowest BCUT2D eigenvalue weighted by atomic mass is 10.1. The minimum absolute atomic E-state index is 0.262. The highest BCUT2D eigenvalue weighted by molar-refractivity contribution is 7.25. The Labute approximate surface area is 148 Å². The van der Waals surface area contributed by atoms with Crippen molar-refractivity contribution in [3.8, 4) is 11.4 Å². The number of nitrogens with zero attached hydrogens (tertiary/aromatic N) is 3. The number of hydrogen-bond acceptors (Lipinski definition) is 4. The van der Waals surface area contributed by atoms with Gasteiger partial charge in [0.25, 0.3) is 8.61 Å². The topological polar surface area (TPSA) is 73.4 Å². The van der Waals surface area contributed by atoms with Crippen LogP contribution in [0.3, 0.4) is 0 Å². The Morgan fingerprint density at radius 3 is 2.76 bits per heavy atom. The zero-order valence-corrected chi connectivity index (χ0v) is 15.0. The molecule has 0 saturated carbocycles. The Hall–Kier alpha value is -2.69. The van der Waals surface area contributed by atoms with Crippen molar-refractivity contribution in [2.45, 2.75) is 20.5 Å². The Bertz CT molecular complexity index is 881. The maximum absolute atomic E-state index is 11.1. The second kappa shape index (κ2) is 7.47. The summed E-state index contributed by atoms with van der Waals surface area (Å²) in [5, 5.41) is 0. The SMILES string of the molecule is Cc1cc(-n2ccnc2)ccc1OCc1c(C)cccc1N(N)P=O. The first-order valence-electron chi connectivity index (χ1n) is 7.78. The van der Waals surface area contributed by atoms with Crippen molar-refractivity contribution in [1.82, 2.24) is 9.55 Å². The number of rotatable bonds is 6. The van der Waals surface area contributed by atoms with Gasteiger partial charge in [0.1, 0.15) is 12.4 Å². The van der Waals surface area contributed by atoms with Crippen LogP contribution >= 0.6 is 8.61 Å². The Morgan fingerprint density at radius 1 is 1.24 bits per heavy atom. The lowest BCUT2D eigenvalue weighted by Gasteiger charge is -2.18. The second-order valence-electron chi connectivity index (χ2n) is 5.71. The normalized spacial score (nSPS) is 10.8. The molecule has 3 rings (SSSR count). The van der Waals surface area contributed by atoms with Crippen LogP contribution in [-0.2, 0) is 11.2 Å². The summed E-state index contributed by atoms with van der Waals surface area (Å²) in [5.74, 6) is 6.57. The average molecular weight is 354 g/mol.